The highest BCUT2D eigenvalue weighted by molar-refractivity contribution is 5.92. The topological polar surface area (TPSA) is 59.3 Å². The predicted molar refractivity (Wildman–Crippen MR) is 128 cm³/mol. The van der Waals surface area contributed by atoms with Gasteiger partial charge in [0.2, 0.25) is 0 Å². The number of hydrogen-bond acceptors (Lipinski definition) is 4. The van der Waals surface area contributed by atoms with Crippen LogP contribution in [0, 0.1) is 11.3 Å². The number of rotatable bonds is 7. The van der Waals surface area contributed by atoms with Crippen molar-refractivity contribution in [3.8, 4) is 17.6 Å². The van der Waals surface area contributed by atoms with E-state index in [0.717, 1.165) is 16.7 Å². The summed E-state index contributed by atoms with van der Waals surface area (Å²) in [7, 11) is 1.58. The molecule has 0 radical (unpaired) electrons. The van der Waals surface area contributed by atoms with Crippen LogP contribution in [0.25, 0.3) is 17.7 Å². The molecule has 3 aromatic rings. The lowest BCUT2D eigenvalue weighted by atomic mass is 10.0. The normalized spacial score (nSPS) is 11.4. The summed E-state index contributed by atoms with van der Waals surface area (Å²) in [6, 6.07) is 24.7. The molecule has 0 spiro atoms. The zero-order chi connectivity index (χ0) is 22.9. The third kappa shape index (κ3) is 5.96. The number of para-hydroxylation sites is 1. The van der Waals surface area contributed by atoms with Gasteiger partial charge in [-0.25, -0.2) is 4.79 Å². The molecule has 4 heteroatoms. The highest BCUT2D eigenvalue weighted by atomic mass is 16.5. The Balaban J connectivity index is 1.66. The molecule has 0 bridgehead atoms. The largest absolute Gasteiger partial charge is 0.496 e. The van der Waals surface area contributed by atoms with Gasteiger partial charge in [-0.05, 0) is 59.0 Å². The van der Waals surface area contributed by atoms with E-state index in [1.54, 1.807) is 43.5 Å². The second-order valence-corrected chi connectivity index (χ2v) is 7.51. The van der Waals surface area contributed by atoms with E-state index in [-0.39, 0.29) is 0 Å². The molecule has 0 aliphatic heterocycles. The van der Waals surface area contributed by atoms with E-state index in [0.29, 0.717) is 23.0 Å². The maximum absolute atomic E-state index is 12.1. The van der Waals surface area contributed by atoms with Crippen LogP contribution in [0.4, 0.5) is 0 Å². The zero-order valence-electron chi connectivity index (χ0n) is 18.4. The van der Waals surface area contributed by atoms with Crippen molar-refractivity contribution in [3.05, 3.63) is 101 Å². The van der Waals surface area contributed by atoms with E-state index in [4.69, 9.17) is 9.47 Å². The van der Waals surface area contributed by atoms with Crippen molar-refractivity contribution in [1.29, 1.82) is 5.26 Å². The van der Waals surface area contributed by atoms with E-state index in [9.17, 15) is 10.1 Å². The first-order valence-corrected chi connectivity index (χ1v) is 10.3. The van der Waals surface area contributed by atoms with E-state index >= 15 is 0 Å². The second kappa shape index (κ2) is 10.8. The molecule has 0 N–H and O–H groups in total. The molecule has 4 nitrogen and oxygen atoms in total. The Morgan fingerprint density at radius 1 is 0.938 bits per heavy atom. The average molecular weight is 424 g/mol. The number of nitriles is 1. The summed E-state index contributed by atoms with van der Waals surface area (Å²) in [5, 5.41) is 9.58. The van der Waals surface area contributed by atoms with Crippen molar-refractivity contribution in [2.75, 3.05) is 7.11 Å². The molecular formula is C28H25NO3. The Hall–Kier alpha value is -4.10. The van der Waals surface area contributed by atoms with E-state index in [1.165, 1.54) is 11.6 Å². The quantitative estimate of drug-likeness (QED) is 0.143. The summed E-state index contributed by atoms with van der Waals surface area (Å²) in [5.74, 6) is 1.09. The van der Waals surface area contributed by atoms with Crippen molar-refractivity contribution in [2.24, 2.45) is 0 Å². The van der Waals surface area contributed by atoms with Crippen molar-refractivity contribution < 1.29 is 14.3 Å². The molecule has 0 saturated heterocycles. The SMILES string of the molecule is COc1ccccc1/C(C#N)=C\c1ccc(OC(=O)/C=C/c2ccc(C(C)C)cc2)cc1. The summed E-state index contributed by atoms with van der Waals surface area (Å²) in [6.07, 6.45) is 4.91. The fourth-order valence-electron chi connectivity index (χ4n) is 3.14. The number of methoxy groups -OCH3 is 1. The number of carbonyl (C=O) groups is 1. The zero-order valence-corrected chi connectivity index (χ0v) is 18.4. The minimum Gasteiger partial charge on any atom is -0.496 e. The number of allylic oxidation sites excluding steroid dienone is 1. The molecule has 0 amide bonds. The van der Waals surface area contributed by atoms with Crippen LogP contribution in [0.15, 0.2) is 78.9 Å². The van der Waals surface area contributed by atoms with Crippen LogP contribution in [0.2, 0.25) is 0 Å². The minimum atomic E-state index is -0.451. The Bertz CT molecular complexity index is 1160. The fraction of sp³-hybridized carbons (Fsp3) is 0.143. The van der Waals surface area contributed by atoms with Gasteiger partial charge < -0.3 is 9.47 Å². The molecule has 0 atom stereocenters. The van der Waals surface area contributed by atoms with E-state index in [2.05, 4.69) is 32.0 Å². The molecule has 0 saturated carbocycles. The number of benzene rings is 3. The molecule has 0 fully saturated rings. The molecule has 32 heavy (non-hydrogen) atoms. The van der Waals surface area contributed by atoms with Gasteiger partial charge in [-0.1, -0.05) is 62.4 Å². The highest BCUT2D eigenvalue weighted by Gasteiger charge is 2.08. The van der Waals surface area contributed by atoms with Gasteiger partial charge in [-0.3, -0.25) is 0 Å². The third-order valence-electron chi connectivity index (χ3n) is 4.94. The van der Waals surface area contributed by atoms with Crippen molar-refractivity contribution in [1.82, 2.24) is 0 Å². The molecule has 0 heterocycles. The first kappa shape index (κ1) is 22.6. The second-order valence-electron chi connectivity index (χ2n) is 7.51. The van der Waals surface area contributed by atoms with Crippen LogP contribution >= 0.6 is 0 Å². The molecule has 3 rings (SSSR count). The number of ether oxygens (including phenoxy) is 2. The Morgan fingerprint density at radius 2 is 1.59 bits per heavy atom. The number of nitrogens with zero attached hydrogens (tertiary/aromatic N) is 1. The van der Waals surface area contributed by atoms with Crippen LogP contribution in [-0.2, 0) is 4.79 Å². The highest BCUT2D eigenvalue weighted by Crippen LogP contribution is 2.27. The molecule has 3 aromatic carbocycles. The molecule has 0 unspecified atom stereocenters. The molecular weight excluding hydrogens is 398 g/mol. The van der Waals surface area contributed by atoms with E-state index in [1.807, 2.05) is 36.4 Å². The summed E-state index contributed by atoms with van der Waals surface area (Å²) in [6.45, 7) is 4.28. The summed E-state index contributed by atoms with van der Waals surface area (Å²) < 4.78 is 10.7. The number of carbonyl (C=O) groups excluding carboxylic acids is 1. The van der Waals surface area contributed by atoms with Gasteiger partial charge in [0.15, 0.2) is 0 Å². The number of esters is 1. The minimum absolute atomic E-state index is 0.433. The molecule has 160 valence electrons. The van der Waals surface area contributed by atoms with Crippen LogP contribution in [-0.4, -0.2) is 13.1 Å². The van der Waals surface area contributed by atoms with Gasteiger partial charge in [-0.2, -0.15) is 5.26 Å². The van der Waals surface area contributed by atoms with Crippen LogP contribution < -0.4 is 9.47 Å². The van der Waals surface area contributed by atoms with Gasteiger partial charge >= 0.3 is 5.97 Å². The maximum Gasteiger partial charge on any atom is 0.336 e. The lowest BCUT2D eigenvalue weighted by Gasteiger charge is -2.07. The Kier molecular flexibility index (Phi) is 7.61. The number of hydrogen-bond donors (Lipinski definition) is 0. The monoisotopic (exact) mass is 423 g/mol. The van der Waals surface area contributed by atoms with Gasteiger partial charge in [0.1, 0.15) is 11.5 Å². The lowest BCUT2D eigenvalue weighted by molar-refractivity contribution is -0.128. The van der Waals surface area contributed by atoms with E-state index < -0.39 is 5.97 Å². The third-order valence-corrected chi connectivity index (χ3v) is 4.94. The lowest BCUT2D eigenvalue weighted by Crippen LogP contribution is -2.03. The van der Waals surface area contributed by atoms with Gasteiger partial charge in [0, 0.05) is 11.6 Å². The average Bonchev–Trinajstić information content (AvgIpc) is 2.82. The fourth-order valence-corrected chi connectivity index (χ4v) is 3.14. The van der Waals surface area contributed by atoms with Gasteiger partial charge in [0.05, 0.1) is 18.8 Å². The summed E-state index contributed by atoms with van der Waals surface area (Å²) >= 11 is 0. The molecule has 0 aromatic heterocycles. The molecule has 0 aliphatic carbocycles. The first-order chi connectivity index (χ1) is 15.5. The predicted octanol–water partition coefficient (Wildman–Crippen LogP) is 6.50. The van der Waals surface area contributed by atoms with Crippen molar-refractivity contribution in [2.45, 2.75) is 19.8 Å². The Labute approximate surface area is 189 Å². The van der Waals surface area contributed by atoms with Gasteiger partial charge in [-0.15, -0.1) is 0 Å². The van der Waals surface area contributed by atoms with Crippen LogP contribution in [0.5, 0.6) is 11.5 Å². The van der Waals surface area contributed by atoms with Crippen LogP contribution in [0.3, 0.4) is 0 Å². The Morgan fingerprint density at radius 3 is 2.22 bits per heavy atom. The smallest absolute Gasteiger partial charge is 0.336 e. The molecule has 0 aliphatic rings. The van der Waals surface area contributed by atoms with Crippen molar-refractivity contribution in [3.63, 3.8) is 0 Å². The first-order valence-electron chi connectivity index (χ1n) is 10.3. The van der Waals surface area contributed by atoms with Crippen molar-refractivity contribution >= 4 is 23.7 Å². The summed E-state index contributed by atoms with van der Waals surface area (Å²) in [5.41, 5.74) is 4.21. The standard InChI is InChI=1S/C28H25NO3/c1-20(2)23-13-8-21(9-14-23)12-17-28(30)32-25-15-10-22(11-16-25)18-24(19-29)26-6-4-5-7-27(26)31-3/h4-18,20H,1-3H3/b17-12+,24-18-. The summed E-state index contributed by atoms with van der Waals surface area (Å²) in [4.78, 5) is 12.1. The van der Waals surface area contributed by atoms with Crippen LogP contribution in [0.1, 0.15) is 42.0 Å². The van der Waals surface area contributed by atoms with Gasteiger partial charge in [0.25, 0.3) is 0 Å². The maximum atomic E-state index is 12.1.